The van der Waals surface area contributed by atoms with E-state index in [1.54, 1.807) is 0 Å². The predicted octanol–water partition coefficient (Wildman–Crippen LogP) is 2.20. The van der Waals surface area contributed by atoms with Crippen molar-refractivity contribution < 1.29 is 4.74 Å². The zero-order valence-corrected chi connectivity index (χ0v) is 12.5. The number of aryl methyl sites for hydroxylation is 1. The van der Waals surface area contributed by atoms with Crippen LogP contribution >= 0.6 is 0 Å². The van der Waals surface area contributed by atoms with Crippen molar-refractivity contribution in [2.45, 2.75) is 44.9 Å². The standard InChI is InChI=1S/C17H26N2O/c1-2-14-5-7-15(8-6-14)10-18-11-17-12-19-9-3-4-16(19)13-20-17/h5-8,16-18H,2-4,9-13H2,1H3. The summed E-state index contributed by atoms with van der Waals surface area (Å²) in [4.78, 5) is 2.60. The van der Waals surface area contributed by atoms with Crippen LogP contribution in [0.3, 0.4) is 0 Å². The zero-order chi connectivity index (χ0) is 13.8. The van der Waals surface area contributed by atoms with Gasteiger partial charge < -0.3 is 10.1 Å². The Morgan fingerprint density at radius 3 is 2.85 bits per heavy atom. The molecule has 20 heavy (non-hydrogen) atoms. The highest BCUT2D eigenvalue weighted by Crippen LogP contribution is 2.22. The van der Waals surface area contributed by atoms with Crippen molar-refractivity contribution >= 4 is 0 Å². The number of hydrogen-bond acceptors (Lipinski definition) is 3. The molecule has 1 N–H and O–H groups in total. The molecule has 0 spiro atoms. The van der Waals surface area contributed by atoms with Crippen LogP contribution in [-0.2, 0) is 17.7 Å². The Morgan fingerprint density at radius 1 is 1.25 bits per heavy atom. The number of nitrogens with zero attached hydrogens (tertiary/aromatic N) is 1. The van der Waals surface area contributed by atoms with Crippen molar-refractivity contribution in [1.29, 1.82) is 0 Å². The molecule has 2 aliphatic heterocycles. The molecule has 110 valence electrons. The van der Waals surface area contributed by atoms with E-state index in [1.807, 2.05) is 0 Å². The van der Waals surface area contributed by atoms with E-state index in [-0.39, 0.29) is 0 Å². The van der Waals surface area contributed by atoms with Gasteiger partial charge in [0.2, 0.25) is 0 Å². The van der Waals surface area contributed by atoms with Crippen molar-refractivity contribution in [3.63, 3.8) is 0 Å². The molecule has 0 bridgehead atoms. The first-order chi connectivity index (χ1) is 9.85. The first-order valence-corrected chi connectivity index (χ1v) is 7.99. The van der Waals surface area contributed by atoms with Crippen LogP contribution in [0.15, 0.2) is 24.3 Å². The lowest BCUT2D eigenvalue weighted by atomic mass is 10.1. The minimum absolute atomic E-state index is 0.360. The predicted molar refractivity (Wildman–Crippen MR) is 81.9 cm³/mol. The smallest absolute Gasteiger partial charge is 0.0827 e. The van der Waals surface area contributed by atoms with Gasteiger partial charge in [0.05, 0.1) is 12.7 Å². The third kappa shape index (κ3) is 3.40. The fourth-order valence-electron chi connectivity index (χ4n) is 3.28. The zero-order valence-electron chi connectivity index (χ0n) is 12.5. The summed E-state index contributed by atoms with van der Waals surface area (Å²) < 4.78 is 5.96. The van der Waals surface area contributed by atoms with Crippen LogP contribution in [0.4, 0.5) is 0 Å². The van der Waals surface area contributed by atoms with Crippen LogP contribution in [0.25, 0.3) is 0 Å². The van der Waals surface area contributed by atoms with Gasteiger partial charge in [0, 0.05) is 25.7 Å². The first-order valence-electron chi connectivity index (χ1n) is 7.99. The summed E-state index contributed by atoms with van der Waals surface area (Å²) in [5.41, 5.74) is 2.77. The van der Waals surface area contributed by atoms with Crippen LogP contribution in [0, 0.1) is 0 Å². The first kappa shape index (κ1) is 14.1. The second-order valence-electron chi connectivity index (χ2n) is 6.05. The third-order valence-electron chi connectivity index (χ3n) is 4.59. The van der Waals surface area contributed by atoms with E-state index in [2.05, 4.69) is 41.4 Å². The Bertz CT molecular complexity index is 418. The van der Waals surface area contributed by atoms with Crippen molar-refractivity contribution in [2.75, 3.05) is 26.2 Å². The van der Waals surface area contributed by atoms with Crippen LogP contribution in [-0.4, -0.2) is 43.3 Å². The van der Waals surface area contributed by atoms with Gasteiger partial charge >= 0.3 is 0 Å². The SMILES string of the molecule is CCc1ccc(CNCC2CN3CCCC3CO2)cc1. The average Bonchev–Trinajstić information content (AvgIpc) is 2.95. The fraction of sp³-hybridized carbons (Fsp3) is 0.647. The van der Waals surface area contributed by atoms with Gasteiger partial charge in [-0.25, -0.2) is 0 Å². The van der Waals surface area contributed by atoms with Crippen LogP contribution in [0.2, 0.25) is 0 Å². The Labute approximate surface area is 122 Å². The Morgan fingerprint density at radius 2 is 2.05 bits per heavy atom. The molecule has 3 heteroatoms. The van der Waals surface area contributed by atoms with Gasteiger partial charge in [-0.05, 0) is 36.9 Å². The molecule has 3 nitrogen and oxygen atoms in total. The summed E-state index contributed by atoms with van der Waals surface area (Å²) in [5.74, 6) is 0. The van der Waals surface area contributed by atoms with E-state index in [0.717, 1.165) is 32.7 Å². The largest absolute Gasteiger partial charge is 0.374 e. The van der Waals surface area contributed by atoms with Gasteiger partial charge in [-0.1, -0.05) is 31.2 Å². The maximum atomic E-state index is 5.96. The second kappa shape index (κ2) is 6.70. The number of nitrogens with one attached hydrogen (secondary N) is 1. The maximum Gasteiger partial charge on any atom is 0.0827 e. The highest BCUT2D eigenvalue weighted by Gasteiger charge is 2.31. The Balaban J connectivity index is 1.41. The van der Waals surface area contributed by atoms with Crippen LogP contribution in [0.5, 0.6) is 0 Å². The topological polar surface area (TPSA) is 24.5 Å². The number of morpholine rings is 1. The number of hydrogen-bond donors (Lipinski definition) is 1. The van der Waals surface area contributed by atoms with Crippen LogP contribution in [0.1, 0.15) is 30.9 Å². The molecule has 3 rings (SSSR count). The van der Waals surface area contributed by atoms with Gasteiger partial charge in [-0.2, -0.15) is 0 Å². The lowest BCUT2D eigenvalue weighted by Crippen LogP contribution is -2.49. The molecule has 2 heterocycles. The Kier molecular flexibility index (Phi) is 4.71. The van der Waals surface area contributed by atoms with E-state index in [0.29, 0.717) is 12.1 Å². The van der Waals surface area contributed by atoms with Gasteiger partial charge in [0.1, 0.15) is 0 Å². The molecule has 0 saturated carbocycles. The number of rotatable bonds is 5. The second-order valence-corrected chi connectivity index (χ2v) is 6.05. The molecule has 1 aromatic carbocycles. The summed E-state index contributed by atoms with van der Waals surface area (Å²) in [6.45, 7) is 7.39. The van der Waals surface area contributed by atoms with E-state index in [1.165, 1.54) is 30.5 Å². The van der Waals surface area contributed by atoms with E-state index >= 15 is 0 Å². The van der Waals surface area contributed by atoms with Crippen molar-refractivity contribution in [3.8, 4) is 0 Å². The number of benzene rings is 1. The third-order valence-corrected chi connectivity index (χ3v) is 4.59. The molecule has 1 aromatic rings. The minimum Gasteiger partial charge on any atom is -0.374 e. The minimum atomic E-state index is 0.360. The maximum absolute atomic E-state index is 5.96. The summed E-state index contributed by atoms with van der Waals surface area (Å²) in [6, 6.07) is 9.60. The molecule has 2 unspecified atom stereocenters. The van der Waals surface area contributed by atoms with E-state index in [4.69, 9.17) is 4.74 Å². The van der Waals surface area contributed by atoms with Gasteiger partial charge in [0.25, 0.3) is 0 Å². The van der Waals surface area contributed by atoms with Gasteiger partial charge in [-0.15, -0.1) is 0 Å². The molecule has 2 fully saturated rings. The number of fused-ring (bicyclic) bond motifs is 1. The molecule has 0 amide bonds. The molecule has 0 radical (unpaired) electrons. The number of ether oxygens (including phenoxy) is 1. The molecular weight excluding hydrogens is 248 g/mol. The van der Waals surface area contributed by atoms with Crippen molar-refractivity contribution in [1.82, 2.24) is 10.2 Å². The lowest BCUT2D eigenvalue weighted by molar-refractivity contribution is -0.0470. The fourth-order valence-corrected chi connectivity index (χ4v) is 3.28. The quantitative estimate of drug-likeness (QED) is 0.891. The highest BCUT2D eigenvalue weighted by atomic mass is 16.5. The summed E-state index contributed by atoms with van der Waals surface area (Å²) in [5, 5.41) is 3.54. The van der Waals surface area contributed by atoms with E-state index < -0.39 is 0 Å². The van der Waals surface area contributed by atoms with Gasteiger partial charge in [-0.3, -0.25) is 4.90 Å². The molecule has 2 atom stereocenters. The van der Waals surface area contributed by atoms with Crippen molar-refractivity contribution in [3.05, 3.63) is 35.4 Å². The highest BCUT2D eigenvalue weighted by molar-refractivity contribution is 5.22. The molecule has 0 aliphatic carbocycles. The molecular formula is C17H26N2O. The molecule has 0 aromatic heterocycles. The van der Waals surface area contributed by atoms with Gasteiger partial charge in [0.15, 0.2) is 0 Å². The summed E-state index contributed by atoms with van der Waals surface area (Å²) >= 11 is 0. The Hall–Kier alpha value is -0.900. The molecule has 2 saturated heterocycles. The van der Waals surface area contributed by atoms with Crippen molar-refractivity contribution in [2.24, 2.45) is 0 Å². The summed E-state index contributed by atoms with van der Waals surface area (Å²) in [7, 11) is 0. The van der Waals surface area contributed by atoms with Crippen LogP contribution < -0.4 is 5.32 Å². The normalized spacial score (nSPS) is 26.6. The average molecular weight is 274 g/mol. The lowest BCUT2D eigenvalue weighted by Gasteiger charge is -2.35. The molecule has 2 aliphatic rings. The summed E-state index contributed by atoms with van der Waals surface area (Å²) in [6.07, 6.45) is 4.14. The monoisotopic (exact) mass is 274 g/mol. The van der Waals surface area contributed by atoms with E-state index in [9.17, 15) is 0 Å².